The second kappa shape index (κ2) is 6.72. The fraction of sp³-hybridized carbons (Fsp3) is 0.375. The van der Waals surface area contributed by atoms with Crippen molar-refractivity contribution in [2.75, 3.05) is 20.1 Å². The highest BCUT2D eigenvalue weighted by molar-refractivity contribution is 7.13. The molecule has 2 heterocycles. The van der Waals surface area contributed by atoms with E-state index < -0.39 is 11.6 Å². The van der Waals surface area contributed by atoms with Crippen LogP contribution in [0.3, 0.4) is 0 Å². The topological polar surface area (TPSA) is 45.2 Å². The molecule has 1 aliphatic rings. The van der Waals surface area contributed by atoms with Gasteiger partial charge in [-0.25, -0.2) is 13.8 Å². The zero-order chi connectivity index (χ0) is 16.4. The van der Waals surface area contributed by atoms with Crippen molar-refractivity contribution in [2.24, 2.45) is 0 Å². The number of rotatable bonds is 3. The Morgan fingerprint density at radius 1 is 1.30 bits per heavy atom. The van der Waals surface area contributed by atoms with E-state index in [0.717, 1.165) is 37.3 Å². The van der Waals surface area contributed by atoms with Crippen LogP contribution in [0.15, 0.2) is 23.6 Å². The van der Waals surface area contributed by atoms with E-state index in [1.165, 1.54) is 18.2 Å². The van der Waals surface area contributed by atoms with E-state index in [1.807, 2.05) is 0 Å². The number of hydrogen-bond donors (Lipinski definition) is 1. The van der Waals surface area contributed by atoms with Crippen LogP contribution in [0.4, 0.5) is 8.78 Å². The lowest BCUT2D eigenvalue weighted by molar-refractivity contribution is 0.0698. The highest BCUT2D eigenvalue weighted by Gasteiger charge is 2.25. The van der Waals surface area contributed by atoms with Gasteiger partial charge in [-0.2, -0.15) is 0 Å². The van der Waals surface area contributed by atoms with Crippen LogP contribution in [0.2, 0.25) is 0 Å². The van der Waals surface area contributed by atoms with Gasteiger partial charge >= 0.3 is 0 Å². The summed E-state index contributed by atoms with van der Waals surface area (Å²) < 4.78 is 27.6. The zero-order valence-electron chi connectivity index (χ0n) is 12.7. The Balaban J connectivity index is 1.82. The van der Waals surface area contributed by atoms with Gasteiger partial charge < -0.3 is 10.2 Å². The quantitative estimate of drug-likeness (QED) is 0.937. The van der Waals surface area contributed by atoms with Crippen LogP contribution in [-0.2, 0) is 0 Å². The van der Waals surface area contributed by atoms with Gasteiger partial charge in [0, 0.05) is 18.5 Å². The lowest BCUT2D eigenvalue weighted by Gasteiger charge is -2.31. The molecule has 1 aliphatic heterocycles. The van der Waals surface area contributed by atoms with E-state index in [9.17, 15) is 13.6 Å². The summed E-state index contributed by atoms with van der Waals surface area (Å²) in [4.78, 5) is 18.3. The summed E-state index contributed by atoms with van der Waals surface area (Å²) in [6, 6.07) is 3.84. The number of carbonyl (C=O) groups is 1. The number of hydrogen-bond acceptors (Lipinski definition) is 4. The summed E-state index contributed by atoms with van der Waals surface area (Å²) in [5.74, 6) is -1.56. The highest BCUT2D eigenvalue weighted by Crippen LogP contribution is 2.29. The summed E-state index contributed by atoms with van der Waals surface area (Å²) in [5, 5.41) is 4.99. The number of nitrogens with one attached hydrogen (secondary N) is 1. The molecule has 0 atom stereocenters. The van der Waals surface area contributed by atoms with Gasteiger partial charge in [0.25, 0.3) is 5.91 Å². The Labute approximate surface area is 137 Å². The molecule has 7 heteroatoms. The van der Waals surface area contributed by atoms with Gasteiger partial charge in [-0.05, 0) is 38.1 Å². The van der Waals surface area contributed by atoms with Gasteiger partial charge in [0.05, 0.1) is 5.56 Å². The second-order valence-electron chi connectivity index (χ2n) is 5.53. The molecule has 0 radical (unpaired) electrons. The number of benzene rings is 1. The van der Waals surface area contributed by atoms with Crippen molar-refractivity contribution >= 4 is 17.2 Å². The fourth-order valence-electron chi connectivity index (χ4n) is 2.73. The normalized spacial score (nSPS) is 15.6. The van der Waals surface area contributed by atoms with Crippen LogP contribution in [0, 0.1) is 11.6 Å². The maximum absolute atomic E-state index is 13.8. The molecule has 0 aliphatic carbocycles. The molecule has 122 valence electrons. The number of nitrogens with zero attached hydrogens (tertiary/aromatic N) is 2. The van der Waals surface area contributed by atoms with Gasteiger partial charge in [0.1, 0.15) is 22.3 Å². The standard InChI is InChI=1S/C16H17F2N3OS/c1-21(10-5-7-19-8-6-10)16(22)13-9-23-15(20-13)14-11(17)3-2-4-12(14)18/h2-4,9-10,19H,5-8H2,1H3. The average molecular weight is 337 g/mol. The van der Waals surface area contributed by atoms with Crippen LogP contribution in [0.1, 0.15) is 23.3 Å². The SMILES string of the molecule is CN(C(=O)c1csc(-c2c(F)cccc2F)n1)C1CCNCC1. The summed E-state index contributed by atoms with van der Waals surface area (Å²) in [7, 11) is 1.75. The molecule has 1 saturated heterocycles. The highest BCUT2D eigenvalue weighted by atomic mass is 32.1. The Kier molecular flexibility index (Phi) is 4.68. The molecule has 23 heavy (non-hydrogen) atoms. The predicted octanol–water partition coefficient (Wildman–Crippen LogP) is 2.91. The van der Waals surface area contributed by atoms with Crippen LogP contribution in [0.5, 0.6) is 0 Å². The molecular weight excluding hydrogens is 320 g/mol. The van der Waals surface area contributed by atoms with Gasteiger partial charge in [0.2, 0.25) is 0 Å². The number of carbonyl (C=O) groups excluding carboxylic acids is 1. The first-order chi connectivity index (χ1) is 11.1. The van der Waals surface area contributed by atoms with Crippen molar-refractivity contribution < 1.29 is 13.6 Å². The minimum atomic E-state index is -0.676. The van der Waals surface area contributed by atoms with Crippen LogP contribution < -0.4 is 5.32 Å². The van der Waals surface area contributed by atoms with E-state index in [2.05, 4.69) is 10.3 Å². The van der Waals surface area contributed by atoms with Crippen molar-refractivity contribution in [1.29, 1.82) is 0 Å². The molecule has 0 spiro atoms. The third kappa shape index (κ3) is 3.25. The summed E-state index contributed by atoms with van der Waals surface area (Å²) in [6.45, 7) is 1.76. The Morgan fingerprint density at radius 3 is 2.61 bits per heavy atom. The molecule has 0 saturated carbocycles. The van der Waals surface area contributed by atoms with Gasteiger partial charge in [0.15, 0.2) is 0 Å². The van der Waals surface area contributed by atoms with Crippen molar-refractivity contribution in [1.82, 2.24) is 15.2 Å². The van der Waals surface area contributed by atoms with Crippen molar-refractivity contribution in [2.45, 2.75) is 18.9 Å². The number of thiazole rings is 1. The first kappa shape index (κ1) is 16.0. The lowest BCUT2D eigenvalue weighted by Crippen LogP contribution is -2.44. The molecule has 1 N–H and O–H groups in total. The Hall–Kier alpha value is -1.86. The zero-order valence-corrected chi connectivity index (χ0v) is 13.5. The molecule has 1 aromatic carbocycles. The van der Waals surface area contributed by atoms with Crippen molar-refractivity contribution in [3.8, 4) is 10.6 Å². The number of halogens is 2. The van der Waals surface area contributed by atoms with Crippen LogP contribution >= 0.6 is 11.3 Å². The van der Waals surface area contributed by atoms with Gasteiger partial charge in [-0.15, -0.1) is 11.3 Å². The van der Waals surface area contributed by atoms with Crippen LogP contribution in [-0.4, -0.2) is 42.0 Å². The van der Waals surface area contributed by atoms with Gasteiger partial charge in [-0.1, -0.05) is 6.07 Å². The molecule has 0 unspecified atom stereocenters. The third-order valence-corrected chi connectivity index (χ3v) is 4.94. The molecule has 2 aromatic rings. The predicted molar refractivity (Wildman–Crippen MR) is 85.5 cm³/mol. The van der Waals surface area contributed by atoms with Gasteiger partial charge in [-0.3, -0.25) is 4.79 Å². The maximum atomic E-state index is 13.8. The largest absolute Gasteiger partial charge is 0.337 e. The average Bonchev–Trinajstić information content (AvgIpc) is 3.04. The summed E-state index contributed by atoms with van der Waals surface area (Å²) in [6.07, 6.45) is 1.78. The first-order valence-electron chi connectivity index (χ1n) is 7.45. The Morgan fingerprint density at radius 2 is 1.96 bits per heavy atom. The fourth-order valence-corrected chi connectivity index (χ4v) is 3.57. The second-order valence-corrected chi connectivity index (χ2v) is 6.39. The van der Waals surface area contributed by atoms with Crippen LogP contribution in [0.25, 0.3) is 10.6 Å². The molecular formula is C16H17F2N3OS. The molecule has 3 rings (SSSR count). The lowest BCUT2D eigenvalue weighted by atomic mass is 10.1. The molecule has 1 aromatic heterocycles. The third-order valence-electron chi connectivity index (χ3n) is 4.08. The summed E-state index contributed by atoms with van der Waals surface area (Å²) >= 11 is 1.07. The van der Waals surface area contributed by atoms with E-state index in [4.69, 9.17) is 0 Å². The number of aromatic nitrogens is 1. The molecule has 1 amide bonds. The minimum absolute atomic E-state index is 0.166. The summed E-state index contributed by atoms with van der Waals surface area (Å²) in [5.41, 5.74) is 0.0507. The Bertz CT molecular complexity index is 693. The first-order valence-corrected chi connectivity index (χ1v) is 8.33. The molecule has 4 nitrogen and oxygen atoms in total. The van der Waals surface area contributed by atoms with E-state index in [0.29, 0.717) is 0 Å². The molecule has 0 bridgehead atoms. The molecule has 1 fully saturated rings. The van der Waals surface area contributed by atoms with E-state index in [1.54, 1.807) is 17.3 Å². The smallest absolute Gasteiger partial charge is 0.273 e. The van der Waals surface area contributed by atoms with E-state index >= 15 is 0 Å². The maximum Gasteiger partial charge on any atom is 0.273 e. The number of amides is 1. The van der Waals surface area contributed by atoms with E-state index in [-0.39, 0.29) is 28.2 Å². The number of piperidine rings is 1. The monoisotopic (exact) mass is 337 g/mol. The minimum Gasteiger partial charge on any atom is -0.337 e. The van der Waals surface area contributed by atoms with Crippen molar-refractivity contribution in [3.63, 3.8) is 0 Å². The van der Waals surface area contributed by atoms with Crippen molar-refractivity contribution in [3.05, 3.63) is 40.9 Å².